The van der Waals surface area contributed by atoms with Gasteiger partial charge in [0.2, 0.25) is 5.95 Å². The first kappa shape index (κ1) is 29.6. The molecule has 1 aromatic carbocycles. The SMILES string of the molecule is CC1CC(CO[P@](NCc2ccccc2)OCCSC(=O)C(C)(C)CO)OC1n1cnc2c(=O)[nH]c(N)nc21. The second-order valence-electron chi connectivity index (χ2n) is 10.0. The molecule has 14 heteroatoms. The highest BCUT2D eigenvalue weighted by molar-refractivity contribution is 8.13. The molecular weight excluding hydrogens is 543 g/mol. The first-order chi connectivity index (χ1) is 18.7. The lowest BCUT2D eigenvalue weighted by Crippen LogP contribution is -2.26. The maximum absolute atomic E-state index is 12.3. The standard InChI is InChI=1S/C25H35N6O6PS/c1-16-11-18(37-22(16)31-15-27-19-20(31)29-24(26)30-21(19)33)13-36-38(28-12-17-7-5-4-6-8-17)35-9-10-39-23(34)25(2,3)14-32/h4-8,15-16,18,22,28,32H,9-14H2,1-3H3,(H3,26,29,30,33)/t16?,18?,22?,38-/m1/s1. The number of rotatable bonds is 13. The van der Waals surface area contributed by atoms with Crippen molar-refractivity contribution >= 4 is 42.5 Å². The van der Waals surface area contributed by atoms with Crippen LogP contribution in [-0.4, -0.2) is 61.4 Å². The highest BCUT2D eigenvalue weighted by Crippen LogP contribution is 2.39. The Kier molecular flexibility index (Phi) is 10.1. The first-order valence-corrected chi connectivity index (χ1v) is 14.8. The monoisotopic (exact) mass is 578 g/mol. The topological polar surface area (TPSA) is 167 Å². The van der Waals surface area contributed by atoms with Gasteiger partial charge in [-0.25, -0.2) is 10.1 Å². The van der Waals surface area contributed by atoms with Crippen molar-refractivity contribution < 1.29 is 23.7 Å². The molecule has 1 aliphatic heterocycles. The first-order valence-electron chi connectivity index (χ1n) is 12.7. The van der Waals surface area contributed by atoms with E-state index in [1.54, 1.807) is 24.7 Å². The molecule has 1 fully saturated rings. The Morgan fingerprint density at radius 3 is 2.87 bits per heavy atom. The number of H-pyrrole nitrogens is 1. The molecule has 1 aliphatic rings. The summed E-state index contributed by atoms with van der Waals surface area (Å²) in [6, 6.07) is 9.92. The molecule has 0 spiro atoms. The zero-order valence-electron chi connectivity index (χ0n) is 22.2. The number of aromatic nitrogens is 4. The summed E-state index contributed by atoms with van der Waals surface area (Å²) in [5.74, 6) is 0.575. The number of benzene rings is 1. The van der Waals surface area contributed by atoms with Crippen molar-refractivity contribution in [2.45, 2.75) is 46.1 Å². The van der Waals surface area contributed by atoms with Gasteiger partial charge in [0.1, 0.15) is 6.23 Å². The molecule has 3 heterocycles. The fourth-order valence-corrected chi connectivity index (χ4v) is 6.10. The van der Waals surface area contributed by atoms with Crippen molar-refractivity contribution in [3.05, 3.63) is 52.6 Å². The van der Waals surface area contributed by atoms with Crippen molar-refractivity contribution in [2.24, 2.45) is 11.3 Å². The third-order valence-corrected chi connectivity index (χ3v) is 8.69. The minimum absolute atomic E-state index is 0.0202. The average molecular weight is 579 g/mol. The van der Waals surface area contributed by atoms with E-state index in [2.05, 4.69) is 27.0 Å². The molecule has 0 radical (unpaired) electrons. The van der Waals surface area contributed by atoms with Crippen molar-refractivity contribution in [3.63, 3.8) is 0 Å². The van der Waals surface area contributed by atoms with Crippen LogP contribution in [0.3, 0.4) is 0 Å². The Morgan fingerprint density at radius 1 is 1.36 bits per heavy atom. The number of hydrogen-bond donors (Lipinski definition) is 4. The van der Waals surface area contributed by atoms with Crippen LogP contribution < -0.4 is 16.4 Å². The lowest BCUT2D eigenvalue weighted by atomic mass is 9.97. The number of thioether (sulfide) groups is 1. The summed E-state index contributed by atoms with van der Waals surface area (Å²) in [6.45, 7) is 6.44. The molecule has 0 aliphatic carbocycles. The van der Waals surface area contributed by atoms with E-state index in [9.17, 15) is 14.7 Å². The summed E-state index contributed by atoms with van der Waals surface area (Å²) in [5.41, 5.74) is 6.23. The van der Waals surface area contributed by atoms with Crippen LogP contribution in [0.25, 0.3) is 11.2 Å². The van der Waals surface area contributed by atoms with E-state index in [0.717, 1.165) is 23.7 Å². The second kappa shape index (κ2) is 13.3. The number of ether oxygens (including phenoxy) is 1. The lowest BCUT2D eigenvalue weighted by Gasteiger charge is -2.22. The van der Waals surface area contributed by atoms with Crippen molar-refractivity contribution in [1.29, 1.82) is 0 Å². The Labute approximate surface area is 232 Å². The molecule has 3 aromatic rings. The number of aliphatic hydroxyl groups excluding tert-OH is 1. The summed E-state index contributed by atoms with van der Waals surface area (Å²) in [5, 5.41) is 12.6. The molecular formula is C25H35N6O6PS. The fraction of sp³-hybridized carbons (Fsp3) is 0.520. The number of carbonyl (C=O) groups is 1. The van der Waals surface area contributed by atoms with Crippen molar-refractivity contribution in [1.82, 2.24) is 24.6 Å². The van der Waals surface area contributed by atoms with Crippen LogP contribution in [0.2, 0.25) is 0 Å². The second-order valence-corrected chi connectivity index (χ2v) is 12.4. The van der Waals surface area contributed by atoms with Crippen LogP contribution in [0.1, 0.15) is 39.0 Å². The zero-order chi connectivity index (χ0) is 28.0. The predicted octanol–water partition coefficient (Wildman–Crippen LogP) is 2.95. The maximum Gasteiger partial charge on any atom is 0.280 e. The lowest BCUT2D eigenvalue weighted by molar-refractivity contribution is -0.119. The van der Waals surface area contributed by atoms with Crippen LogP contribution in [0.15, 0.2) is 41.5 Å². The molecule has 212 valence electrons. The maximum atomic E-state index is 12.3. The van der Waals surface area contributed by atoms with Crippen LogP contribution in [-0.2, 0) is 25.1 Å². The Hall–Kier alpha value is -2.38. The molecule has 3 unspecified atom stereocenters. The largest absolute Gasteiger partial charge is 0.395 e. The van der Waals surface area contributed by atoms with E-state index in [1.165, 1.54) is 0 Å². The molecule has 0 saturated carbocycles. The number of nitrogen functional groups attached to an aromatic ring is 1. The molecule has 2 aromatic heterocycles. The summed E-state index contributed by atoms with van der Waals surface area (Å²) in [4.78, 5) is 35.3. The van der Waals surface area contributed by atoms with E-state index >= 15 is 0 Å². The predicted molar refractivity (Wildman–Crippen MR) is 151 cm³/mol. The zero-order valence-corrected chi connectivity index (χ0v) is 23.9. The number of nitrogens with zero attached hydrogens (tertiary/aromatic N) is 3. The van der Waals surface area contributed by atoms with Gasteiger partial charge >= 0.3 is 0 Å². The van der Waals surface area contributed by atoms with Gasteiger partial charge in [0.15, 0.2) is 16.3 Å². The number of hydrogen-bond acceptors (Lipinski definition) is 11. The van der Waals surface area contributed by atoms with Gasteiger partial charge in [-0.1, -0.05) is 49.0 Å². The third kappa shape index (κ3) is 7.63. The Balaban J connectivity index is 1.34. The molecule has 1 saturated heterocycles. The number of aromatic amines is 1. The molecule has 39 heavy (non-hydrogen) atoms. The van der Waals surface area contributed by atoms with Crippen molar-refractivity contribution in [2.75, 3.05) is 31.3 Å². The Morgan fingerprint density at radius 2 is 2.13 bits per heavy atom. The fourth-order valence-electron chi connectivity index (χ4n) is 4.04. The number of imidazole rings is 1. The average Bonchev–Trinajstić information content (AvgIpc) is 3.50. The van der Waals surface area contributed by atoms with Gasteiger partial charge in [-0.2, -0.15) is 4.98 Å². The van der Waals surface area contributed by atoms with Gasteiger partial charge in [0.25, 0.3) is 14.1 Å². The summed E-state index contributed by atoms with van der Waals surface area (Å²) < 4.78 is 20.2. The smallest absolute Gasteiger partial charge is 0.280 e. The minimum Gasteiger partial charge on any atom is -0.395 e. The molecule has 0 bridgehead atoms. The summed E-state index contributed by atoms with van der Waals surface area (Å²) in [6.07, 6.45) is 1.69. The van der Waals surface area contributed by atoms with E-state index in [0.29, 0.717) is 31.2 Å². The van der Waals surface area contributed by atoms with E-state index in [-0.39, 0.29) is 41.4 Å². The van der Waals surface area contributed by atoms with Gasteiger partial charge in [-0.05, 0) is 25.8 Å². The molecule has 5 N–H and O–H groups in total. The molecule has 4 atom stereocenters. The third-order valence-electron chi connectivity index (χ3n) is 6.28. The number of aliphatic hydroxyl groups is 1. The normalized spacial score (nSPS) is 20.5. The van der Waals surface area contributed by atoms with Crippen LogP contribution in [0.5, 0.6) is 0 Å². The summed E-state index contributed by atoms with van der Waals surface area (Å²) in [7, 11) is -1.47. The van der Waals surface area contributed by atoms with Crippen LogP contribution >= 0.6 is 20.3 Å². The number of nitrogens with two attached hydrogens (primary N) is 1. The highest BCUT2D eigenvalue weighted by atomic mass is 32.2. The van der Waals surface area contributed by atoms with Gasteiger partial charge < -0.3 is 24.6 Å². The minimum atomic E-state index is -1.47. The summed E-state index contributed by atoms with van der Waals surface area (Å²) >= 11 is 1.14. The van der Waals surface area contributed by atoms with Crippen LogP contribution in [0.4, 0.5) is 5.95 Å². The van der Waals surface area contributed by atoms with Gasteiger partial charge in [0.05, 0.1) is 37.7 Å². The highest BCUT2D eigenvalue weighted by Gasteiger charge is 2.35. The molecule has 4 rings (SSSR count). The van der Waals surface area contributed by atoms with Crippen LogP contribution in [0, 0.1) is 11.3 Å². The molecule has 0 amide bonds. The Bertz CT molecular complexity index is 1310. The number of nitrogens with one attached hydrogen (secondary N) is 2. The number of carbonyl (C=O) groups excluding carboxylic acids is 1. The van der Waals surface area contributed by atoms with Gasteiger partial charge in [0, 0.05) is 18.2 Å². The number of anilines is 1. The number of fused-ring (bicyclic) bond motifs is 1. The van der Waals surface area contributed by atoms with E-state index in [1.807, 2.05) is 30.3 Å². The van der Waals surface area contributed by atoms with E-state index < -0.39 is 19.5 Å². The molecule has 12 nitrogen and oxygen atoms in total. The quantitative estimate of drug-likeness (QED) is 0.174. The van der Waals surface area contributed by atoms with Gasteiger partial charge in [-0.15, -0.1) is 0 Å². The van der Waals surface area contributed by atoms with Crippen molar-refractivity contribution in [3.8, 4) is 0 Å². The van der Waals surface area contributed by atoms with Gasteiger partial charge in [-0.3, -0.25) is 19.1 Å². The van der Waals surface area contributed by atoms with E-state index in [4.69, 9.17) is 19.5 Å².